The summed E-state index contributed by atoms with van der Waals surface area (Å²) in [5.74, 6) is -0.751. The van der Waals surface area contributed by atoms with Crippen LogP contribution in [-0.2, 0) is 11.8 Å². The molecule has 8 heteroatoms. The van der Waals surface area contributed by atoms with Crippen molar-refractivity contribution in [2.45, 2.75) is 13.0 Å². The van der Waals surface area contributed by atoms with Crippen LogP contribution in [0.4, 0.5) is 5.82 Å². The minimum Gasteiger partial charge on any atom is -0.358 e. The Kier molecular flexibility index (Phi) is 3.24. The van der Waals surface area contributed by atoms with Crippen LogP contribution < -0.4 is 5.32 Å². The zero-order chi connectivity index (χ0) is 14.2. The van der Waals surface area contributed by atoms with E-state index in [1.54, 1.807) is 6.92 Å². The molecule has 1 fully saturated rings. The second-order valence-electron chi connectivity index (χ2n) is 4.36. The maximum absolute atomic E-state index is 12.3. The molecule has 0 saturated carbocycles. The number of amides is 2. The molecule has 2 heterocycles. The number of carbonyl (C=O) groups excluding carboxylic acids is 2. The van der Waals surface area contributed by atoms with Crippen LogP contribution in [0.15, 0.2) is 12.1 Å². The maximum Gasteiger partial charge on any atom is 0.323 e. The summed E-state index contributed by atoms with van der Waals surface area (Å²) in [5, 5.41) is 13.4. The molecule has 1 aliphatic rings. The van der Waals surface area contributed by atoms with Crippen LogP contribution in [0.25, 0.3) is 0 Å². The summed E-state index contributed by atoms with van der Waals surface area (Å²) >= 11 is 0. The van der Waals surface area contributed by atoms with Crippen LogP contribution in [-0.4, -0.2) is 45.3 Å². The summed E-state index contributed by atoms with van der Waals surface area (Å²) < 4.78 is 1.22. The summed E-state index contributed by atoms with van der Waals surface area (Å²) in [6.45, 7) is 2.41. The number of nitrogens with one attached hydrogen (secondary N) is 1. The minimum absolute atomic E-state index is 0.155. The Bertz CT molecular complexity index is 551. The molecule has 1 unspecified atom stereocenters. The fraction of sp³-hybridized carbons (Fsp3) is 0.455. The lowest BCUT2D eigenvalue weighted by molar-refractivity contribution is -0.391. The van der Waals surface area contributed by atoms with Gasteiger partial charge in [0.2, 0.25) is 5.91 Å². The number of nitrogens with zero attached hydrogens (tertiary/aromatic N) is 3. The third-order valence-corrected chi connectivity index (χ3v) is 3.26. The van der Waals surface area contributed by atoms with Gasteiger partial charge in [0.15, 0.2) is 5.69 Å². The smallest absolute Gasteiger partial charge is 0.323 e. The minimum atomic E-state index is -0.574. The molecule has 0 radical (unpaired) electrons. The summed E-state index contributed by atoms with van der Waals surface area (Å²) in [6.07, 6.45) is 0. The Balaban J connectivity index is 2.29. The summed E-state index contributed by atoms with van der Waals surface area (Å²) in [4.78, 5) is 35.4. The lowest BCUT2D eigenvalue weighted by Gasteiger charge is -2.32. The van der Waals surface area contributed by atoms with Gasteiger partial charge in [-0.3, -0.25) is 9.59 Å². The van der Waals surface area contributed by atoms with Crippen molar-refractivity contribution in [2.75, 3.05) is 13.1 Å². The Morgan fingerprint density at radius 1 is 1.53 bits per heavy atom. The summed E-state index contributed by atoms with van der Waals surface area (Å²) in [6, 6.07) is 2.11. The highest BCUT2D eigenvalue weighted by atomic mass is 16.6. The molecular formula is C11H14N4O4. The Morgan fingerprint density at radius 2 is 2.21 bits per heavy atom. The molecule has 2 amide bonds. The van der Waals surface area contributed by atoms with Crippen molar-refractivity contribution in [1.29, 1.82) is 0 Å². The van der Waals surface area contributed by atoms with Gasteiger partial charge in [-0.2, -0.15) is 0 Å². The van der Waals surface area contributed by atoms with E-state index in [0.29, 0.717) is 13.1 Å². The van der Waals surface area contributed by atoms with Crippen molar-refractivity contribution in [1.82, 2.24) is 14.8 Å². The maximum atomic E-state index is 12.3. The first-order valence-corrected chi connectivity index (χ1v) is 5.82. The van der Waals surface area contributed by atoms with Crippen molar-refractivity contribution in [3.63, 3.8) is 0 Å². The predicted octanol–water partition coefficient (Wildman–Crippen LogP) is -0.106. The van der Waals surface area contributed by atoms with Crippen molar-refractivity contribution in [2.24, 2.45) is 7.05 Å². The molecule has 0 bridgehead atoms. The molecular weight excluding hydrogens is 252 g/mol. The van der Waals surface area contributed by atoms with Gasteiger partial charge in [0, 0.05) is 19.2 Å². The predicted molar refractivity (Wildman–Crippen MR) is 65.6 cm³/mol. The number of aromatic nitrogens is 1. The molecule has 1 N–H and O–H groups in total. The van der Waals surface area contributed by atoms with Crippen LogP contribution in [0.3, 0.4) is 0 Å². The second-order valence-corrected chi connectivity index (χ2v) is 4.36. The molecule has 1 aromatic rings. The highest BCUT2D eigenvalue weighted by molar-refractivity contribution is 5.97. The third kappa shape index (κ3) is 2.16. The quantitative estimate of drug-likeness (QED) is 0.596. The van der Waals surface area contributed by atoms with Gasteiger partial charge in [-0.15, -0.1) is 0 Å². The van der Waals surface area contributed by atoms with E-state index in [2.05, 4.69) is 5.32 Å². The van der Waals surface area contributed by atoms with Crippen LogP contribution in [0.1, 0.15) is 17.4 Å². The van der Waals surface area contributed by atoms with Gasteiger partial charge >= 0.3 is 5.82 Å². The van der Waals surface area contributed by atoms with E-state index in [9.17, 15) is 19.7 Å². The molecule has 1 saturated heterocycles. The van der Waals surface area contributed by atoms with E-state index in [-0.39, 0.29) is 23.3 Å². The second kappa shape index (κ2) is 4.71. The van der Waals surface area contributed by atoms with E-state index < -0.39 is 11.0 Å². The third-order valence-electron chi connectivity index (χ3n) is 3.26. The summed E-state index contributed by atoms with van der Waals surface area (Å²) in [5.41, 5.74) is 0.202. The van der Waals surface area contributed by atoms with Crippen LogP contribution in [0, 0.1) is 10.1 Å². The van der Waals surface area contributed by atoms with E-state index in [0.717, 1.165) is 0 Å². The normalized spacial score (nSPS) is 19.2. The topological polar surface area (TPSA) is 97.5 Å². The van der Waals surface area contributed by atoms with Gasteiger partial charge in [0.05, 0.1) is 7.05 Å². The van der Waals surface area contributed by atoms with Crippen LogP contribution in [0.5, 0.6) is 0 Å². The highest BCUT2D eigenvalue weighted by Crippen LogP contribution is 2.18. The van der Waals surface area contributed by atoms with Crippen molar-refractivity contribution in [3.05, 3.63) is 27.9 Å². The molecule has 19 heavy (non-hydrogen) atoms. The average molecular weight is 266 g/mol. The molecule has 1 atom stereocenters. The van der Waals surface area contributed by atoms with Gasteiger partial charge in [-0.05, 0) is 17.9 Å². The lowest BCUT2D eigenvalue weighted by atomic mass is 10.2. The van der Waals surface area contributed by atoms with Crippen molar-refractivity contribution in [3.8, 4) is 0 Å². The molecule has 0 spiro atoms. The van der Waals surface area contributed by atoms with Crippen LogP contribution >= 0.6 is 0 Å². The fourth-order valence-corrected chi connectivity index (χ4v) is 2.11. The van der Waals surface area contributed by atoms with Gasteiger partial charge in [-0.25, -0.2) is 4.57 Å². The van der Waals surface area contributed by atoms with E-state index in [1.807, 2.05) is 0 Å². The van der Waals surface area contributed by atoms with Gasteiger partial charge < -0.3 is 20.3 Å². The van der Waals surface area contributed by atoms with Crippen molar-refractivity contribution < 1.29 is 14.5 Å². The average Bonchev–Trinajstić information content (AvgIpc) is 2.74. The number of carbonyl (C=O) groups is 2. The molecule has 1 aliphatic heterocycles. The van der Waals surface area contributed by atoms with E-state index in [1.165, 1.54) is 28.6 Å². The Hall–Kier alpha value is -2.38. The SMILES string of the molecule is CC1C(=O)NCCN1C(=O)c1ccc([N+](=O)[O-])n1C. The largest absolute Gasteiger partial charge is 0.358 e. The number of piperazine rings is 1. The lowest BCUT2D eigenvalue weighted by Crippen LogP contribution is -2.56. The monoisotopic (exact) mass is 266 g/mol. The Morgan fingerprint density at radius 3 is 2.79 bits per heavy atom. The number of hydrogen-bond donors (Lipinski definition) is 1. The number of rotatable bonds is 2. The summed E-state index contributed by atoms with van der Waals surface area (Å²) in [7, 11) is 1.46. The molecule has 0 aliphatic carbocycles. The van der Waals surface area contributed by atoms with Gasteiger partial charge in [-0.1, -0.05) is 0 Å². The highest BCUT2D eigenvalue weighted by Gasteiger charge is 2.33. The van der Waals surface area contributed by atoms with E-state index >= 15 is 0 Å². The first-order valence-electron chi connectivity index (χ1n) is 5.82. The van der Waals surface area contributed by atoms with Crippen molar-refractivity contribution >= 4 is 17.6 Å². The zero-order valence-electron chi connectivity index (χ0n) is 10.6. The van der Waals surface area contributed by atoms with E-state index in [4.69, 9.17) is 0 Å². The van der Waals surface area contributed by atoms with Crippen LogP contribution in [0.2, 0.25) is 0 Å². The number of hydrogen-bond acceptors (Lipinski definition) is 4. The number of nitro groups is 1. The fourth-order valence-electron chi connectivity index (χ4n) is 2.11. The Labute approximate surface area is 109 Å². The standard InChI is InChI=1S/C11H14N4O4/c1-7-10(16)12-5-6-14(7)11(17)8-3-4-9(13(8)2)15(18)19/h3-4,7H,5-6H2,1-2H3,(H,12,16). The van der Waals surface area contributed by atoms with Gasteiger partial charge in [0.25, 0.3) is 5.91 Å². The molecule has 0 aromatic carbocycles. The zero-order valence-corrected chi connectivity index (χ0v) is 10.6. The molecule has 102 valence electrons. The molecule has 8 nitrogen and oxygen atoms in total. The van der Waals surface area contributed by atoms with Gasteiger partial charge in [0.1, 0.15) is 6.04 Å². The molecule has 1 aromatic heterocycles. The first-order chi connectivity index (χ1) is 8.93. The first kappa shape index (κ1) is 13.1. The molecule has 2 rings (SSSR count).